The van der Waals surface area contributed by atoms with Crippen molar-refractivity contribution in [3.8, 4) is 0 Å². The molecule has 1 N–H and O–H groups in total. The first-order valence-electron chi connectivity index (χ1n) is 2.95. The van der Waals surface area contributed by atoms with Crippen LogP contribution in [0.5, 0.6) is 0 Å². The Morgan fingerprint density at radius 1 is 1.50 bits per heavy atom. The minimum Gasteiger partial charge on any atom is -0.298 e. The van der Waals surface area contributed by atoms with E-state index in [0.29, 0.717) is 0 Å². The molecule has 3 nitrogen and oxygen atoms in total. The highest BCUT2D eigenvalue weighted by Gasteiger charge is 1.91. The number of nitrogens with one attached hydrogen (secondary N) is 1. The predicted octanol–water partition coefficient (Wildman–Crippen LogP) is 0.428. The summed E-state index contributed by atoms with van der Waals surface area (Å²) in [5.74, 6) is 0. The molecule has 2 aromatic rings. The fourth-order valence-electron chi connectivity index (χ4n) is 0.915. The minimum absolute atomic E-state index is 0.150. The lowest BCUT2D eigenvalue weighted by atomic mass is 10.4. The van der Waals surface area contributed by atoms with Crippen LogP contribution in [0.1, 0.15) is 0 Å². The SMILES string of the molecule is O=c1[c]ccc2cc[nH]n12. The van der Waals surface area contributed by atoms with Crippen LogP contribution >= 0.6 is 0 Å². The third-order valence-electron chi connectivity index (χ3n) is 1.38. The predicted molar refractivity (Wildman–Crippen MR) is 36.9 cm³/mol. The molecular formula is C7H5N2O. The summed E-state index contributed by atoms with van der Waals surface area (Å²) >= 11 is 0. The van der Waals surface area contributed by atoms with Gasteiger partial charge in [-0.1, -0.05) is 0 Å². The van der Waals surface area contributed by atoms with E-state index in [2.05, 4.69) is 11.2 Å². The van der Waals surface area contributed by atoms with Crippen molar-refractivity contribution in [2.45, 2.75) is 0 Å². The molecule has 49 valence electrons. The van der Waals surface area contributed by atoms with Gasteiger partial charge in [-0.15, -0.1) is 0 Å². The normalized spacial score (nSPS) is 10.4. The van der Waals surface area contributed by atoms with Crippen LogP contribution in [0.25, 0.3) is 5.52 Å². The topological polar surface area (TPSA) is 37.3 Å². The third-order valence-corrected chi connectivity index (χ3v) is 1.38. The van der Waals surface area contributed by atoms with E-state index in [0.717, 1.165) is 5.52 Å². The molecule has 0 saturated carbocycles. The van der Waals surface area contributed by atoms with E-state index in [-0.39, 0.29) is 5.56 Å². The summed E-state index contributed by atoms with van der Waals surface area (Å²) in [5, 5.41) is 2.76. The van der Waals surface area contributed by atoms with E-state index < -0.39 is 0 Å². The largest absolute Gasteiger partial charge is 0.298 e. The van der Waals surface area contributed by atoms with Crippen LogP contribution < -0.4 is 5.56 Å². The third kappa shape index (κ3) is 0.572. The molecule has 10 heavy (non-hydrogen) atoms. The molecule has 2 heterocycles. The number of H-pyrrole nitrogens is 1. The molecule has 0 fully saturated rings. The maximum Gasteiger partial charge on any atom is 0.277 e. The number of rotatable bonds is 0. The van der Waals surface area contributed by atoms with Gasteiger partial charge in [0, 0.05) is 6.20 Å². The zero-order valence-electron chi connectivity index (χ0n) is 5.16. The lowest BCUT2D eigenvalue weighted by Crippen LogP contribution is -2.11. The van der Waals surface area contributed by atoms with E-state index in [9.17, 15) is 4.79 Å². The Bertz CT molecular complexity index is 399. The molecule has 0 aliphatic heterocycles. The number of aromatic nitrogens is 2. The van der Waals surface area contributed by atoms with E-state index >= 15 is 0 Å². The highest BCUT2D eigenvalue weighted by Crippen LogP contribution is 1.94. The van der Waals surface area contributed by atoms with Crippen molar-refractivity contribution >= 4 is 5.52 Å². The Balaban J connectivity index is 3.09. The number of fused-ring (bicyclic) bond motifs is 1. The van der Waals surface area contributed by atoms with Crippen LogP contribution in [0.4, 0.5) is 0 Å². The summed E-state index contributed by atoms with van der Waals surface area (Å²) < 4.78 is 1.43. The first-order chi connectivity index (χ1) is 4.88. The number of nitrogens with zero attached hydrogens (tertiary/aromatic N) is 1. The minimum atomic E-state index is -0.150. The molecule has 0 aromatic carbocycles. The fourth-order valence-corrected chi connectivity index (χ4v) is 0.915. The van der Waals surface area contributed by atoms with Crippen molar-refractivity contribution in [1.82, 2.24) is 9.61 Å². The van der Waals surface area contributed by atoms with Gasteiger partial charge in [-0.2, -0.15) is 0 Å². The van der Waals surface area contributed by atoms with Gasteiger partial charge in [0.1, 0.15) is 0 Å². The van der Waals surface area contributed by atoms with Crippen molar-refractivity contribution in [3.05, 3.63) is 40.8 Å². The smallest absolute Gasteiger partial charge is 0.277 e. The lowest BCUT2D eigenvalue weighted by molar-refractivity contribution is 0.918. The molecule has 3 heteroatoms. The molecule has 0 saturated heterocycles. The quantitative estimate of drug-likeness (QED) is 0.555. The molecule has 0 unspecified atom stereocenters. The maximum atomic E-state index is 10.9. The van der Waals surface area contributed by atoms with Gasteiger partial charge < -0.3 is 0 Å². The van der Waals surface area contributed by atoms with Crippen molar-refractivity contribution in [3.63, 3.8) is 0 Å². The van der Waals surface area contributed by atoms with Crippen molar-refractivity contribution < 1.29 is 0 Å². The molecule has 0 aliphatic carbocycles. The van der Waals surface area contributed by atoms with Gasteiger partial charge in [0.25, 0.3) is 5.56 Å². The molecule has 1 radical (unpaired) electrons. The Kier molecular flexibility index (Phi) is 0.917. The second kappa shape index (κ2) is 1.73. The molecule has 0 spiro atoms. The van der Waals surface area contributed by atoms with Crippen LogP contribution in [0, 0.1) is 6.07 Å². The molecule has 2 aromatic heterocycles. The average molecular weight is 133 g/mol. The van der Waals surface area contributed by atoms with E-state index in [1.807, 2.05) is 12.1 Å². The van der Waals surface area contributed by atoms with E-state index in [1.54, 1.807) is 12.3 Å². The number of aromatic amines is 1. The summed E-state index contributed by atoms with van der Waals surface area (Å²) in [6.45, 7) is 0. The van der Waals surface area contributed by atoms with Crippen LogP contribution in [-0.4, -0.2) is 9.61 Å². The lowest BCUT2D eigenvalue weighted by Gasteiger charge is -1.87. The number of pyridine rings is 1. The van der Waals surface area contributed by atoms with Crippen molar-refractivity contribution in [2.75, 3.05) is 0 Å². The van der Waals surface area contributed by atoms with Gasteiger partial charge in [0.15, 0.2) is 0 Å². The van der Waals surface area contributed by atoms with E-state index in [4.69, 9.17) is 0 Å². The van der Waals surface area contributed by atoms with Crippen molar-refractivity contribution in [2.24, 2.45) is 0 Å². The van der Waals surface area contributed by atoms with Gasteiger partial charge in [-0.3, -0.25) is 9.89 Å². The summed E-state index contributed by atoms with van der Waals surface area (Å²) in [6, 6.07) is 7.80. The summed E-state index contributed by atoms with van der Waals surface area (Å²) in [5.41, 5.74) is 0.714. The molecule has 0 bridgehead atoms. The summed E-state index contributed by atoms with van der Waals surface area (Å²) in [6.07, 6.45) is 1.71. The maximum absolute atomic E-state index is 10.9. The van der Waals surface area contributed by atoms with Crippen LogP contribution in [0.2, 0.25) is 0 Å². The van der Waals surface area contributed by atoms with Gasteiger partial charge >= 0.3 is 0 Å². The Labute approximate surface area is 56.9 Å². The molecule has 0 atom stereocenters. The average Bonchev–Trinajstić information content (AvgIpc) is 2.36. The standard InChI is InChI=1S/C7H5N2O/c10-7-3-1-2-6-4-5-8-9(6)7/h1-2,4-5,8H. The molecule has 0 aliphatic rings. The monoisotopic (exact) mass is 133 g/mol. The van der Waals surface area contributed by atoms with Crippen LogP contribution in [0.3, 0.4) is 0 Å². The highest BCUT2D eigenvalue weighted by molar-refractivity contribution is 5.43. The zero-order valence-corrected chi connectivity index (χ0v) is 5.16. The summed E-state index contributed by atoms with van der Waals surface area (Å²) in [4.78, 5) is 10.9. The molecular weight excluding hydrogens is 128 g/mol. The zero-order chi connectivity index (χ0) is 6.97. The van der Waals surface area contributed by atoms with Crippen molar-refractivity contribution in [1.29, 1.82) is 0 Å². The van der Waals surface area contributed by atoms with Gasteiger partial charge in [-0.25, -0.2) is 4.52 Å². The highest BCUT2D eigenvalue weighted by atomic mass is 16.1. The van der Waals surface area contributed by atoms with Crippen LogP contribution in [-0.2, 0) is 0 Å². The molecule has 2 rings (SSSR count). The Hall–Kier alpha value is -1.51. The fraction of sp³-hybridized carbons (Fsp3) is 0. The number of hydrogen-bond acceptors (Lipinski definition) is 1. The first-order valence-corrected chi connectivity index (χ1v) is 2.95. The number of hydrogen-bond donors (Lipinski definition) is 1. The molecule has 0 amide bonds. The van der Waals surface area contributed by atoms with E-state index in [1.165, 1.54) is 4.52 Å². The first kappa shape index (κ1) is 5.29. The Morgan fingerprint density at radius 2 is 2.40 bits per heavy atom. The van der Waals surface area contributed by atoms with Gasteiger partial charge in [-0.05, 0) is 18.2 Å². The van der Waals surface area contributed by atoms with Gasteiger partial charge in [0.2, 0.25) is 0 Å². The second-order valence-electron chi connectivity index (χ2n) is 2.01. The van der Waals surface area contributed by atoms with Gasteiger partial charge in [0.05, 0.1) is 11.6 Å². The Morgan fingerprint density at radius 3 is 3.20 bits per heavy atom. The van der Waals surface area contributed by atoms with Crippen LogP contribution in [0.15, 0.2) is 29.2 Å². The second-order valence-corrected chi connectivity index (χ2v) is 2.01. The summed E-state index contributed by atoms with van der Waals surface area (Å²) in [7, 11) is 0.